The molecule has 5 nitrogen and oxygen atoms in total. The largest absolute Gasteiger partial charge is 0.459 e. The van der Waals surface area contributed by atoms with Crippen LogP contribution in [-0.4, -0.2) is 23.3 Å². The van der Waals surface area contributed by atoms with Crippen molar-refractivity contribution in [1.82, 2.24) is 0 Å². The highest BCUT2D eigenvalue weighted by Gasteiger charge is 2.56. The molecule has 2 aromatic carbocycles. The highest BCUT2D eigenvalue weighted by atomic mass is 16.6. The summed E-state index contributed by atoms with van der Waals surface area (Å²) in [5.74, 6) is -3.32. The van der Waals surface area contributed by atoms with Gasteiger partial charge in [-0.05, 0) is 39.8 Å². The van der Waals surface area contributed by atoms with E-state index >= 15 is 0 Å². The first-order valence-electron chi connectivity index (χ1n) is 9.81. The normalized spacial score (nSPS) is 21.3. The Morgan fingerprint density at radius 2 is 1.48 bits per heavy atom. The van der Waals surface area contributed by atoms with Crippen LogP contribution in [0.15, 0.2) is 48.5 Å². The lowest BCUT2D eigenvalue weighted by Crippen LogP contribution is -2.42. The maximum absolute atomic E-state index is 13.1. The maximum Gasteiger partial charge on any atom is 0.319 e. The average molecular weight is 393 g/mol. The fourth-order valence-electron chi connectivity index (χ4n) is 4.10. The van der Waals surface area contributed by atoms with E-state index in [1.54, 1.807) is 45.0 Å². The zero-order chi connectivity index (χ0) is 21.3. The Hall–Kier alpha value is -2.95. The van der Waals surface area contributed by atoms with Gasteiger partial charge in [-0.2, -0.15) is 0 Å². The smallest absolute Gasteiger partial charge is 0.319 e. The van der Waals surface area contributed by atoms with Crippen LogP contribution in [0.25, 0.3) is 0 Å². The van der Waals surface area contributed by atoms with Gasteiger partial charge in [0.05, 0.1) is 0 Å². The Morgan fingerprint density at radius 1 is 0.966 bits per heavy atom. The zero-order valence-electron chi connectivity index (χ0n) is 17.5. The van der Waals surface area contributed by atoms with E-state index in [0.29, 0.717) is 11.3 Å². The van der Waals surface area contributed by atoms with Crippen LogP contribution in [0.4, 0.5) is 5.69 Å². The number of benzene rings is 2. The quantitative estimate of drug-likeness (QED) is 0.466. The van der Waals surface area contributed by atoms with Crippen molar-refractivity contribution in [2.75, 3.05) is 5.32 Å². The summed E-state index contributed by atoms with van der Waals surface area (Å²) >= 11 is 0. The lowest BCUT2D eigenvalue weighted by Gasteiger charge is -2.31. The molecule has 1 N–H and O–H groups in total. The standard InChI is InChI=1S/C24H27NO4/c1-14-6-10-17(11-7-14)21(26)16(3)20-19(23(28)29-24(20,4)5)22(27)25-18-12-8-15(2)9-13-18/h6-13,16,19-20H,1-5H3,(H,25,27)/t16-,19+,20-/m0/s1. The predicted octanol–water partition coefficient (Wildman–Crippen LogP) is 4.33. The Bertz CT molecular complexity index is 928. The summed E-state index contributed by atoms with van der Waals surface area (Å²) in [6.45, 7) is 9.19. The summed E-state index contributed by atoms with van der Waals surface area (Å²) in [4.78, 5) is 38.7. The first-order valence-corrected chi connectivity index (χ1v) is 9.81. The molecule has 3 rings (SSSR count). The molecule has 1 aliphatic rings. The minimum atomic E-state index is -1.05. The van der Waals surface area contributed by atoms with Crippen molar-refractivity contribution >= 4 is 23.3 Å². The van der Waals surface area contributed by atoms with Crippen LogP contribution in [0.5, 0.6) is 0 Å². The van der Waals surface area contributed by atoms with E-state index in [0.717, 1.165) is 11.1 Å². The van der Waals surface area contributed by atoms with Crippen molar-refractivity contribution in [3.05, 3.63) is 65.2 Å². The Labute approximate surface area is 171 Å². The van der Waals surface area contributed by atoms with Crippen molar-refractivity contribution in [2.45, 2.75) is 40.2 Å². The third-order valence-corrected chi connectivity index (χ3v) is 5.67. The number of hydrogen-bond acceptors (Lipinski definition) is 4. The number of amides is 1. The van der Waals surface area contributed by atoms with E-state index in [2.05, 4.69) is 5.32 Å². The van der Waals surface area contributed by atoms with Crippen LogP contribution in [0.3, 0.4) is 0 Å². The number of hydrogen-bond donors (Lipinski definition) is 1. The number of cyclic esters (lactones) is 1. The molecule has 1 aliphatic heterocycles. The van der Waals surface area contributed by atoms with Crippen molar-refractivity contribution in [1.29, 1.82) is 0 Å². The molecule has 0 radical (unpaired) electrons. The first-order chi connectivity index (χ1) is 13.6. The molecule has 29 heavy (non-hydrogen) atoms. The molecule has 1 heterocycles. The van der Waals surface area contributed by atoms with Crippen molar-refractivity contribution in [2.24, 2.45) is 17.8 Å². The second-order valence-corrected chi connectivity index (χ2v) is 8.40. The van der Waals surface area contributed by atoms with Gasteiger partial charge in [-0.25, -0.2) is 0 Å². The second-order valence-electron chi connectivity index (χ2n) is 8.40. The fraction of sp³-hybridized carbons (Fsp3) is 0.375. The molecule has 0 spiro atoms. The minimum Gasteiger partial charge on any atom is -0.459 e. The molecule has 1 amide bonds. The molecular formula is C24H27NO4. The highest BCUT2D eigenvalue weighted by molar-refractivity contribution is 6.07. The van der Waals surface area contributed by atoms with Crippen LogP contribution in [-0.2, 0) is 14.3 Å². The third kappa shape index (κ3) is 4.24. The fourth-order valence-corrected chi connectivity index (χ4v) is 4.10. The number of carbonyl (C=O) groups is 3. The van der Waals surface area contributed by atoms with Gasteiger partial charge in [0, 0.05) is 23.1 Å². The molecule has 0 saturated carbocycles. The summed E-state index contributed by atoms with van der Waals surface area (Å²) in [6.07, 6.45) is 0. The van der Waals surface area contributed by atoms with E-state index < -0.39 is 35.2 Å². The number of ketones is 1. The first kappa shape index (κ1) is 20.8. The van der Waals surface area contributed by atoms with E-state index in [9.17, 15) is 14.4 Å². The third-order valence-electron chi connectivity index (χ3n) is 5.67. The summed E-state index contributed by atoms with van der Waals surface area (Å²) < 4.78 is 5.53. The van der Waals surface area contributed by atoms with Crippen molar-refractivity contribution in [3.8, 4) is 0 Å². The maximum atomic E-state index is 13.1. The number of ether oxygens (including phenoxy) is 1. The van der Waals surface area contributed by atoms with Crippen molar-refractivity contribution < 1.29 is 19.1 Å². The van der Waals surface area contributed by atoms with Gasteiger partial charge in [-0.3, -0.25) is 14.4 Å². The Morgan fingerprint density at radius 3 is 2.03 bits per heavy atom. The van der Waals surface area contributed by atoms with Gasteiger partial charge in [0.15, 0.2) is 5.78 Å². The molecule has 0 unspecified atom stereocenters. The number of aryl methyl sites for hydroxylation is 2. The predicted molar refractivity (Wildman–Crippen MR) is 112 cm³/mol. The van der Waals surface area contributed by atoms with Gasteiger partial charge in [0.2, 0.25) is 5.91 Å². The van der Waals surface area contributed by atoms with E-state index in [-0.39, 0.29) is 5.78 Å². The van der Waals surface area contributed by atoms with Gasteiger partial charge in [0.25, 0.3) is 0 Å². The summed E-state index contributed by atoms with van der Waals surface area (Å²) in [5, 5.41) is 2.80. The Kier molecular flexibility index (Phi) is 5.60. The molecule has 3 atom stereocenters. The topological polar surface area (TPSA) is 72.5 Å². The summed E-state index contributed by atoms with van der Waals surface area (Å²) in [6, 6.07) is 14.6. The molecule has 1 saturated heterocycles. The van der Waals surface area contributed by atoms with Gasteiger partial charge >= 0.3 is 5.97 Å². The number of anilines is 1. The molecule has 1 fully saturated rings. The minimum absolute atomic E-state index is 0.102. The van der Waals surface area contributed by atoms with Crippen molar-refractivity contribution in [3.63, 3.8) is 0 Å². The molecule has 0 bridgehead atoms. The highest BCUT2D eigenvalue weighted by Crippen LogP contribution is 2.43. The van der Waals surface area contributed by atoms with E-state index in [4.69, 9.17) is 4.74 Å². The number of nitrogens with one attached hydrogen (secondary N) is 1. The molecule has 152 valence electrons. The molecular weight excluding hydrogens is 366 g/mol. The van der Waals surface area contributed by atoms with Crippen LogP contribution in [0, 0.1) is 31.6 Å². The lowest BCUT2D eigenvalue weighted by atomic mass is 9.72. The number of rotatable bonds is 5. The molecule has 2 aromatic rings. The van der Waals surface area contributed by atoms with E-state index in [1.165, 1.54) is 0 Å². The van der Waals surface area contributed by atoms with Crippen LogP contribution >= 0.6 is 0 Å². The van der Waals surface area contributed by atoms with Crippen LogP contribution < -0.4 is 5.32 Å². The van der Waals surface area contributed by atoms with Crippen LogP contribution in [0.2, 0.25) is 0 Å². The SMILES string of the molecule is Cc1ccc(NC(=O)[C@@H]2C(=O)OC(C)(C)[C@H]2[C@H](C)C(=O)c2ccc(C)cc2)cc1. The number of Topliss-reactive ketones (excluding diaryl/α,β-unsaturated/α-hetero) is 1. The lowest BCUT2D eigenvalue weighted by molar-refractivity contribution is -0.150. The molecule has 0 aromatic heterocycles. The number of carbonyl (C=O) groups excluding carboxylic acids is 3. The van der Waals surface area contributed by atoms with Gasteiger partial charge < -0.3 is 10.1 Å². The van der Waals surface area contributed by atoms with Gasteiger partial charge in [0.1, 0.15) is 11.5 Å². The zero-order valence-corrected chi connectivity index (χ0v) is 17.5. The summed E-state index contributed by atoms with van der Waals surface area (Å²) in [5.41, 5.74) is 2.38. The average Bonchev–Trinajstić information content (AvgIpc) is 2.91. The van der Waals surface area contributed by atoms with E-state index in [1.807, 2.05) is 38.1 Å². The van der Waals surface area contributed by atoms with Gasteiger partial charge in [-0.15, -0.1) is 0 Å². The van der Waals surface area contributed by atoms with Crippen LogP contribution in [0.1, 0.15) is 42.3 Å². The monoisotopic (exact) mass is 393 g/mol. The molecule has 0 aliphatic carbocycles. The number of esters is 1. The molecule has 5 heteroatoms. The Balaban J connectivity index is 1.87. The second kappa shape index (κ2) is 7.82. The summed E-state index contributed by atoms with van der Waals surface area (Å²) in [7, 11) is 0. The van der Waals surface area contributed by atoms with Gasteiger partial charge in [-0.1, -0.05) is 54.4 Å².